The molecule has 0 unspecified atom stereocenters. The van der Waals surface area contributed by atoms with E-state index in [9.17, 15) is 21.0 Å². The molecule has 454 valence electrons. The van der Waals surface area contributed by atoms with E-state index in [-0.39, 0.29) is 0 Å². The van der Waals surface area contributed by atoms with E-state index in [2.05, 4.69) is 244 Å². The predicted octanol–water partition coefficient (Wildman–Crippen LogP) is 21.9. The van der Waals surface area contributed by atoms with E-state index in [4.69, 9.17) is 4.98 Å². The first-order valence-electron chi connectivity index (χ1n) is 32.6. The lowest BCUT2D eigenvalue weighted by molar-refractivity contribution is 0.961. The predicted molar refractivity (Wildman–Crippen MR) is 397 cm³/mol. The van der Waals surface area contributed by atoms with Gasteiger partial charge in [0.2, 0.25) is 0 Å². The third-order valence-corrected chi connectivity index (χ3v) is 19.5. The first-order chi connectivity index (χ1) is 48.2. The van der Waals surface area contributed by atoms with Crippen LogP contribution >= 0.6 is 0 Å². The molecule has 0 aliphatic heterocycles. The SMILES string of the molecule is Cc1cc(C)cc(-c2c(-n3c4ccc(C#N)cc4c4cc(C#N)ccc43)c(-n3c4ccc(-c5ccccc5)cc4c4cc(-c5ccccc5)ccc43)nc(-n3c4ccc(-c5ccccc5)cc4c4cc(-c5ccccc5)ccc43)c2-n2c3ccc(C#N)cc3c3cc(C#N)ccc32)c1. The van der Waals surface area contributed by atoms with Gasteiger partial charge in [-0.05, 0) is 185 Å². The first kappa shape index (κ1) is 56.9. The summed E-state index contributed by atoms with van der Waals surface area (Å²) in [4.78, 5) is 6.56. The van der Waals surface area contributed by atoms with Crippen LogP contribution in [0.2, 0.25) is 0 Å². The second kappa shape index (κ2) is 22.4. The summed E-state index contributed by atoms with van der Waals surface area (Å²) in [6.45, 7) is 4.28. The number of aryl methyl sites for hydroxylation is 2. The van der Waals surface area contributed by atoms with E-state index in [0.29, 0.717) is 33.9 Å². The molecule has 5 heterocycles. The third-order valence-electron chi connectivity index (χ3n) is 19.5. The highest BCUT2D eigenvalue weighted by molar-refractivity contribution is 6.17. The minimum atomic E-state index is 0.477. The lowest BCUT2D eigenvalue weighted by Crippen LogP contribution is -2.16. The number of aromatic nitrogens is 5. The molecule has 18 rings (SSSR count). The average Bonchev–Trinajstić information content (AvgIpc) is 1.48. The van der Waals surface area contributed by atoms with Crippen LogP contribution in [0, 0.1) is 59.2 Å². The van der Waals surface area contributed by atoms with Gasteiger partial charge in [0, 0.05) is 48.7 Å². The summed E-state index contributed by atoms with van der Waals surface area (Å²) in [5.41, 5.74) is 22.5. The Balaban J connectivity index is 1.13. The van der Waals surface area contributed by atoms with Gasteiger partial charge in [0.1, 0.15) is 11.4 Å². The zero-order valence-corrected chi connectivity index (χ0v) is 53.2. The van der Waals surface area contributed by atoms with Gasteiger partial charge in [-0.15, -0.1) is 0 Å². The maximum atomic E-state index is 10.7. The van der Waals surface area contributed by atoms with E-state index in [1.165, 1.54) is 0 Å². The molecule has 0 atom stereocenters. The number of pyridine rings is 1. The van der Waals surface area contributed by atoms with Gasteiger partial charge >= 0.3 is 0 Å². The molecule has 0 bridgehead atoms. The van der Waals surface area contributed by atoms with Crippen molar-refractivity contribution in [1.82, 2.24) is 23.3 Å². The number of rotatable bonds is 9. The molecule has 9 heteroatoms. The van der Waals surface area contributed by atoms with Crippen molar-refractivity contribution in [3.05, 3.63) is 318 Å². The Kier molecular flexibility index (Phi) is 13.0. The Labute approximate surface area is 563 Å². The molecule has 0 amide bonds. The second-order valence-electron chi connectivity index (χ2n) is 25.3. The summed E-state index contributed by atoms with van der Waals surface area (Å²) in [6.07, 6.45) is 0. The van der Waals surface area contributed by atoms with Crippen molar-refractivity contribution in [2.24, 2.45) is 0 Å². The van der Waals surface area contributed by atoms with Crippen LogP contribution in [0.25, 0.3) is 166 Å². The second-order valence-corrected chi connectivity index (χ2v) is 25.3. The number of nitriles is 4. The highest BCUT2D eigenvalue weighted by Crippen LogP contribution is 2.51. The maximum Gasteiger partial charge on any atom is 0.165 e. The van der Waals surface area contributed by atoms with E-state index in [1.54, 1.807) is 0 Å². The molecule has 5 aromatic heterocycles. The fraction of sp³-hybridized carbons (Fsp3) is 0.0225. The van der Waals surface area contributed by atoms with Crippen molar-refractivity contribution in [3.63, 3.8) is 0 Å². The van der Waals surface area contributed by atoms with Gasteiger partial charge in [-0.1, -0.05) is 175 Å². The first-order valence-corrected chi connectivity index (χ1v) is 32.6. The van der Waals surface area contributed by atoms with Gasteiger partial charge in [0.15, 0.2) is 11.6 Å². The quantitative estimate of drug-likeness (QED) is 0.142. The van der Waals surface area contributed by atoms with Crippen LogP contribution in [0.1, 0.15) is 33.4 Å². The van der Waals surface area contributed by atoms with E-state index < -0.39 is 0 Å². The minimum Gasteiger partial charge on any atom is -0.305 e. The monoisotopic (exact) mass is 1250 g/mol. The molecule has 98 heavy (non-hydrogen) atoms. The van der Waals surface area contributed by atoms with Gasteiger partial charge < -0.3 is 9.13 Å². The van der Waals surface area contributed by atoms with Crippen LogP contribution in [-0.4, -0.2) is 23.3 Å². The van der Waals surface area contributed by atoms with Crippen LogP contribution in [0.5, 0.6) is 0 Å². The molecule has 0 saturated carbocycles. The zero-order chi connectivity index (χ0) is 65.9. The number of hydrogen-bond donors (Lipinski definition) is 0. The van der Waals surface area contributed by atoms with Crippen LogP contribution in [0.15, 0.2) is 285 Å². The maximum absolute atomic E-state index is 10.7. The molecule has 0 fully saturated rings. The van der Waals surface area contributed by atoms with Gasteiger partial charge in [0.05, 0.1) is 90.7 Å². The highest BCUT2D eigenvalue weighted by Gasteiger charge is 2.34. The largest absolute Gasteiger partial charge is 0.305 e. The Hall–Kier alpha value is -13.8. The molecule has 18 aromatic rings. The van der Waals surface area contributed by atoms with E-state index in [0.717, 1.165) is 165 Å². The lowest BCUT2D eigenvalue weighted by Gasteiger charge is -2.27. The van der Waals surface area contributed by atoms with Crippen LogP contribution < -0.4 is 0 Å². The topological polar surface area (TPSA) is 128 Å². The third kappa shape index (κ3) is 8.93. The van der Waals surface area contributed by atoms with Crippen LogP contribution in [0.3, 0.4) is 0 Å². The fourth-order valence-corrected chi connectivity index (χ4v) is 15.2. The molecule has 13 aromatic carbocycles. The van der Waals surface area contributed by atoms with Crippen LogP contribution in [0.4, 0.5) is 0 Å². The lowest BCUT2D eigenvalue weighted by atomic mass is 9.96. The molecular weight excluding hydrogens is 1200 g/mol. The standard InChI is InChI=1S/C89H53N9/c1-54-39-55(2)41-68(40-54)85-86(95-77-31-23-56(50-90)42-69(77)70-43-57(51-91)24-32-78(70)95)88(97-81-35-27-64(60-15-7-3-8-16-60)46-73(81)74-47-65(28-36-82(74)97)61-17-9-4-10-18-61)94-89(87(85)96-79-33-25-58(52-92)44-71(79)72-45-59(53-93)26-34-80(72)96)98-83-37-29-66(62-19-11-5-12-20-62)48-75(83)76-49-67(30-38-84(76)98)63-21-13-6-14-22-63/h3-49H,1-2H3. The van der Waals surface area contributed by atoms with Gasteiger partial charge in [-0.25, -0.2) is 4.98 Å². The minimum absolute atomic E-state index is 0.477. The normalized spacial score (nSPS) is 11.5. The zero-order valence-electron chi connectivity index (χ0n) is 53.2. The van der Waals surface area contributed by atoms with Gasteiger partial charge in [-0.3, -0.25) is 9.13 Å². The van der Waals surface area contributed by atoms with Gasteiger partial charge in [0.25, 0.3) is 0 Å². The summed E-state index contributed by atoms with van der Waals surface area (Å²) in [5.74, 6) is 1.20. The molecule has 0 aliphatic carbocycles. The molecule has 0 radical (unpaired) electrons. The summed E-state index contributed by atoms with van der Waals surface area (Å²) < 4.78 is 9.33. The fourth-order valence-electron chi connectivity index (χ4n) is 15.2. The molecule has 0 spiro atoms. The van der Waals surface area contributed by atoms with Crippen LogP contribution in [-0.2, 0) is 0 Å². The number of fused-ring (bicyclic) bond motifs is 12. The molecule has 0 N–H and O–H groups in total. The number of benzene rings is 13. The Morgan fingerprint density at radius 3 is 0.745 bits per heavy atom. The van der Waals surface area contributed by atoms with E-state index in [1.807, 2.05) is 97.1 Å². The number of hydrogen-bond acceptors (Lipinski definition) is 5. The average molecular weight is 1250 g/mol. The number of nitrogens with zero attached hydrogens (tertiary/aromatic N) is 9. The van der Waals surface area contributed by atoms with Crippen molar-refractivity contribution in [3.8, 4) is 103 Å². The summed E-state index contributed by atoms with van der Waals surface area (Å²) in [7, 11) is 0. The van der Waals surface area contributed by atoms with Crippen molar-refractivity contribution in [1.29, 1.82) is 21.0 Å². The summed E-state index contributed by atoms with van der Waals surface area (Å²) >= 11 is 0. The molecular formula is C89H53N9. The summed E-state index contributed by atoms with van der Waals surface area (Å²) in [6, 6.07) is 109. The van der Waals surface area contributed by atoms with E-state index >= 15 is 0 Å². The Morgan fingerprint density at radius 1 is 0.235 bits per heavy atom. The summed E-state index contributed by atoms with van der Waals surface area (Å²) in [5, 5.41) is 50.2. The Bertz CT molecular complexity index is 5870. The van der Waals surface area contributed by atoms with Crippen molar-refractivity contribution in [2.75, 3.05) is 0 Å². The molecule has 0 saturated heterocycles. The Morgan fingerprint density at radius 2 is 0.480 bits per heavy atom. The van der Waals surface area contributed by atoms with Gasteiger partial charge in [-0.2, -0.15) is 21.0 Å². The van der Waals surface area contributed by atoms with Crippen molar-refractivity contribution in [2.45, 2.75) is 13.8 Å². The highest BCUT2D eigenvalue weighted by atomic mass is 15.2. The van der Waals surface area contributed by atoms with Crippen molar-refractivity contribution >= 4 is 87.2 Å². The molecule has 0 aliphatic rings. The van der Waals surface area contributed by atoms with Crippen molar-refractivity contribution < 1.29 is 0 Å². The molecule has 9 nitrogen and oxygen atoms in total. The smallest absolute Gasteiger partial charge is 0.165 e.